The summed E-state index contributed by atoms with van der Waals surface area (Å²) in [6, 6.07) is 7.72. The Hall–Kier alpha value is -1.54. The molecule has 5 nitrogen and oxygen atoms in total. The number of ketones is 2. The van der Waals surface area contributed by atoms with Crippen molar-refractivity contribution in [2.75, 3.05) is 18.0 Å². The molecule has 0 spiro atoms. The minimum absolute atomic E-state index is 0. The summed E-state index contributed by atoms with van der Waals surface area (Å²) in [5, 5.41) is 3.73. The number of piperidine rings is 1. The second-order valence-electron chi connectivity index (χ2n) is 7.72. The van der Waals surface area contributed by atoms with E-state index in [0.717, 1.165) is 12.8 Å². The lowest BCUT2D eigenvalue weighted by Crippen LogP contribution is -2.50. The fourth-order valence-electron chi connectivity index (χ4n) is 4.25. The van der Waals surface area contributed by atoms with Crippen molar-refractivity contribution in [2.45, 2.75) is 45.2 Å². The summed E-state index contributed by atoms with van der Waals surface area (Å²) < 4.78 is 0.697. The molecule has 0 N–H and O–H groups in total. The quantitative estimate of drug-likeness (QED) is 0.469. The maximum absolute atomic E-state index is 13.3. The van der Waals surface area contributed by atoms with Gasteiger partial charge in [0.25, 0.3) is 0 Å². The highest BCUT2D eigenvalue weighted by Crippen LogP contribution is 2.42. The molecule has 0 saturated carbocycles. The predicted octanol–water partition coefficient (Wildman–Crippen LogP) is 4.63. The Labute approximate surface area is 191 Å². The van der Waals surface area contributed by atoms with Gasteiger partial charge in [-0.25, -0.2) is 0 Å². The maximum Gasteiger partial charge on any atom is 0.241 e. The van der Waals surface area contributed by atoms with Crippen LogP contribution in [-0.4, -0.2) is 47.5 Å². The summed E-state index contributed by atoms with van der Waals surface area (Å²) in [4.78, 5) is 43.4. The number of para-hydroxylation sites is 1. The fraction of sp³-hybridized carbons (Fsp3) is 0.409. The molecule has 8 heteroatoms. The standard InChI is InChI=1S/C22H24N2O3S2.ClH/c1-14-6-5-7-15(2)23(14)13-19(26)24-12-18(25)20(22-28-10-11-29-22)21(27)16-8-3-4-9-17(16)24;/h3-4,8-11,14-15H,5-7,12-13H2,1-2H3;1H. The number of rotatable bonds is 2. The van der Waals surface area contributed by atoms with Crippen LogP contribution in [0.5, 0.6) is 0 Å². The zero-order valence-electron chi connectivity index (χ0n) is 17.0. The minimum atomic E-state index is -0.294. The number of hydrogen-bond donors (Lipinski definition) is 0. The molecule has 30 heavy (non-hydrogen) atoms. The number of benzene rings is 1. The number of anilines is 1. The minimum Gasteiger partial charge on any atom is -0.303 e. The first kappa shape index (κ1) is 23.1. The third-order valence-corrected chi connectivity index (χ3v) is 7.98. The number of likely N-dealkylation sites (tertiary alicyclic amines) is 1. The number of nitrogens with zero attached hydrogens (tertiary/aromatic N) is 2. The summed E-state index contributed by atoms with van der Waals surface area (Å²) in [6.45, 7) is 4.46. The zero-order chi connectivity index (χ0) is 20.5. The summed E-state index contributed by atoms with van der Waals surface area (Å²) in [5.41, 5.74) is 1.15. The van der Waals surface area contributed by atoms with Gasteiger partial charge in [0, 0.05) is 17.6 Å². The van der Waals surface area contributed by atoms with E-state index in [0.29, 0.717) is 27.6 Å². The number of Topliss-reactive ketones (excluding diaryl/α,β-unsaturated/α-hetero) is 2. The largest absolute Gasteiger partial charge is 0.303 e. The number of carbonyl (C=O) groups excluding carboxylic acids is 3. The van der Waals surface area contributed by atoms with Crippen LogP contribution in [0.3, 0.4) is 0 Å². The third kappa shape index (κ3) is 4.40. The van der Waals surface area contributed by atoms with E-state index in [-0.39, 0.29) is 48.5 Å². The molecule has 3 aliphatic rings. The molecule has 1 aromatic carbocycles. The number of carbonyl (C=O) groups is 3. The Balaban J connectivity index is 0.00000256. The Morgan fingerprint density at radius 1 is 1.07 bits per heavy atom. The van der Waals surface area contributed by atoms with Crippen molar-refractivity contribution in [1.29, 1.82) is 0 Å². The molecule has 160 valence electrons. The van der Waals surface area contributed by atoms with E-state index in [1.54, 1.807) is 18.2 Å². The van der Waals surface area contributed by atoms with Crippen LogP contribution >= 0.6 is 35.9 Å². The molecule has 0 aliphatic carbocycles. The SMILES string of the molecule is CC1CCCC(C)N1CC(=O)N1CC(=O)C(=C2SC=CS2)C(=O)c2ccccc21.Cl. The second-order valence-corrected chi connectivity index (χ2v) is 9.81. The summed E-state index contributed by atoms with van der Waals surface area (Å²) in [6.07, 6.45) is 3.32. The van der Waals surface area contributed by atoms with E-state index >= 15 is 0 Å². The average molecular weight is 465 g/mol. The van der Waals surface area contributed by atoms with Crippen LogP contribution < -0.4 is 4.90 Å². The van der Waals surface area contributed by atoms with Crippen LogP contribution in [0.1, 0.15) is 43.5 Å². The molecule has 0 bridgehead atoms. The topological polar surface area (TPSA) is 57.7 Å². The van der Waals surface area contributed by atoms with Crippen LogP contribution in [0.2, 0.25) is 0 Å². The number of hydrogen-bond acceptors (Lipinski definition) is 6. The zero-order valence-corrected chi connectivity index (χ0v) is 19.4. The molecule has 1 aromatic rings. The Bertz CT molecular complexity index is 911. The van der Waals surface area contributed by atoms with Crippen LogP contribution in [0.4, 0.5) is 5.69 Å². The summed E-state index contributed by atoms with van der Waals surface area (Å²) in [7, 11) is 0. The molecule has 1 saturated heterocycles. The molecular formula is C22H25ClN2O3S2. The monoisotopic (exact) mass is 464 g/mol. The molecule has 1 amide bonds. The number of thioether (sulfide) groups is 2. The molecule has 1 fully saturated rings. The van der Waals surface area contributed by atoms with Gasteiger partial charge in [-0.05, 0) is 49.6 Å². The Morgan fingerprint density at radius 3 is 2.37 bits per heavy atom. The van der Waals surface area contributed by atoms with Gasteiger partial charge in [0.1, 0.15) is 0 Å². The van der Waals surface area contributed by atoms with Gasteiger partial charge >= 0.3 is 0 Å². The third-order valence-electron chi connectivity index (χ3n) is 5.85. The van der Waals surface area contributed by atoms with Gasteiger partial charge in [0.15, 0.2) is 11.6 Å². The average Bonchev–Trinajstić information content (AvgIpc) is 3.19. The van der Waals surface area contributed by atoms with Gasteiger partial charge < -0.3 is 4.90 Å². The molecule has 3 heterocycles. The van der Waals surface area contributed by atoms with Crippen molar-refractivity contribution in [3.8, 4) is 0 Å². The van der Waals surface area contributed by atoms with Crippen molar-refractivity contribution in [1.82, 2.24) is 4.90 Å². The first-order valence-corrected chi connectivity index (χ1v) is 11.7. The van der Waals surface area contributed by atoms with Gasteiger partial charge in [0.05, 0.1) is 28.6 Å². The van der Waals surface area contributed by atoms with Gasteiger partial charge in [-0.3, -0.25) is 19.3 Å². The predicted molar refractivity (Wildman–Crippen MR) is 126 cm³/mol. The molecule has 2 unspecified atom stereocenters. The number of fused-ring (bicyclic) bond motifs is 1. The van der Waals surface area contributed by atoms with Crippen molar-refractivity contribution in [2.24, 2.45) is 0 Å². The van der Waals surface area contributed by atoms with Gasteiger partial charge in [0.2, 0.25) is 5.91 Å². The number of halogens is 1. The van der Waals surface area contributed by atoms with Crippen molar-refractivity contribution >= 4 is 59.1 Å². The van der Waals surface area contributed by atoms with E-state index in [2.05, 4.69) is 18.7 Å². The van der Waals surface area contributed by atoms with Crippen LogP contribution in [-0.2, 0) is 9.59 Å². The molecule has 4 rings (SSSR count). The lowest BCUT2D eigenvalue weighted by molar-refractivity contribution is -0.123. The smallest absolute Gasteiger partial charge is 0.241 e. The van der Waals surface area contributed by atoms with E-state index in [4.69, 9.17) is 0 Å². The van der Waals surface area contributed by atoms with E-state index in [1.807, 2.05) is 16.9 Å². The highest BCUT2D eigenvalue weighted by molar-refractivity contribution is 8.27. The van der Waals surface area contributed by atoms with E-state index in [9.17, 15) is 14.4 Å². The van der Waals surface area contributed by atoms with E-state index < -0.39 is 0 Å². The molecule has 0 radical (unpaired) electrons. The van der Waals surface area contributed by atoms with Crippen molar-refractivity contribution < 1.29 is 14.4 Å². The van der Waals surface area contributed by atoms with Gasteiger partial charge in [-0.15, -0.1) is 12.4 Å². The Morgan fingerprint density at radius 2 is 1.70 bits per heavy atom. The van der Waals surface area contributed by atoms with Gasteiger partial charge in [-0.2, -0.15) is 0 Å². The molecular weight excluding hydrogens is 440 g/mol. The highest BCUT2D eigenvalue weighted by atomic mass is 35.5. The van der Waals surface area contributed by atoms with Crippen LogP contribution in [0.15, 0.2) is 44.9 Å². The first-order valence-electron chi connectivity index (χ1n) is 9.93. The first-order chi connectivity index (χ1) is 14.0. The normalized spacial score (nSPS) is 24.5. The van der Waals surface area contributed by atoms with E-state index in [1.165, 1.54) is 34.8 Å². The second kappa shape index (κ2) is 9.73. The fourth-order valence-corrected chi connectivity index (χ4v) is 6.15. The summed E-state index contributed by atoms with van der Waals surface area (Å²) in [5.74, 6) is -0.715. The molecule has 3 aliphatic heterocycles. The van der Waals surface area contributed by atoms with Crippen molar-refractivity contribution in [3.63, 3.8) is 0 Å². The lowest BCUT2D eigenvalue weighted by Gasteiger charge is -2.39. The van der Waals surface area contributed by atoms with Crippen LogP contribution in [0, 0.1) is 0 Å². The van der Waals surface area contributed by atoms with Crippen LogP contribution in [0.25, 0.3) is 0 Å². The molecule has 0 aromatic heterocycles. The van der Waals surface area contributed by atoms with Gasteiger partial charge in [-0.1, -0.05) is 42.1 Å². The highest BCUT2D eigenvalue weighted by Gasteiger charge is 2.36. The summed E-state index contributed by atoms with van der Waals surface area (Å²) >= 11 is 2.78. The van der Waals surface area contributed by atoms with Crippen molar-refractivity contribution in [3.05, 3.63) is 50.5 Å². The maximum atomic E-state index is 13.3. The lowest BCUT2D eigenvalue weighted by atomic mass is 9.97. The number of amides is 1. The Kier molecular flexibility index (Phi) is 7.50. The molecule has 2 atom stereocenters.